The molecular formula is C19H18N4O4S. The molecule has 3 heterocycles. The molecule has 0 spiro atoms. The van der Waals surface area contributed by atoms with Crippen molar-refractivity contribution in [3.8, 4) is 10.8 Å². The molecule has 0 fully saturated rings. The van der Waals surface area contributed by atoms with Gasteiger partial charge in [-0.05, 0) is 30.0 Å². The highest BCUT2D eigenvalue weighted by Gasteiger charge is 2.20. The fourth-order valence-electron chi connectivity index (χ4n) is 2.94. The number of amides is 1. The Balaban J connectivity index is 1.53. The van der Waals surface area contributed by atoms with E-state index < -0.39 is 5.76 Å². The Labute approximate surface area is 164 Å². The Hall–Kier alpha value is -3.20. The molecule has 0 unspecified atom stereocenters. The van der Waals surface area contributed by atoms with Gasteiger partial charge < -0.3 is 13.7 Å². The number of para-hydroxylation sites is 2. The number of oxazole rings is 1. The molecule has 0 N–H and O–H groups in total. The van der Waals surface area contributed by atoms with Crippen LogP contribution in [0, 0.1) is 0 Å². The maximum absolute atomic E-state index is 12.9. The summed E-state index contributed by atoms with van der Waals surface area (Å²) in [6, 6.07) is 10.8. The van der Waals surface area contributed by atoms with E-state index >= 15 is 0 Å². The van der Waals surface area contributed by atoms with E-state index in [0.717, 1.165) is 11.3 Å². The second-order valence-corrected chi connectivity index (χ2v) is 7.16. The average molecular weight is 398 g/mol. The van der Waals surface area contributed by atoms with Crippen molar-refractivity contribution in [2.24, 2.45) is 0 Å². The number of hydrogen-bond acceptors (Lipinski definition) is 7. The molecule has 4 rings (SSSR count). The summed E-state index contributed by atoms with van der Waals surface area (Å²) in [5.74, 6) is 0.0238. The Morgan fingerprint density at radius 1 is 1.18 bits per heavy atom. The van der Waals surface area contributed by atoms with E-state index in [-0.39, 0.29) is 19.0 Å². The van der Waals surface area contributed by atoms with Crippen LogP contribution < -0.4 is 5.76 Å². The Kier molecular flexibility index (Phi) is 5.07. The van der Waals surface area contributed by atoms with Crippen molar-refractivity contribution in [2.45, 2.75) is 26.4 Å². The highest BCUT2D eigenvalue weighted by Crippen LogP contribution is 2.23. The van der Waals surface area contributed by atoms with Gasteiger partial charge in [0, 0.05) is 6.54 Å². The van der Waals surface area contributed by atoms with Crippen molar-refractivity contribution >= 4 is 28.3 Å². The first kappa shape index (κ1) is 18.2. The van der Waals surface area contributed by atoms with E-state index in [4.69, 9.17) is 8.83 Å². The van der Waals surface area contributed by atoms with Crippen LogP contribution in [0.4, 0.5) is 0 Å². The molecule has 0 aliphatic carbocycles. The molecule has 1 aromatic carbocycles. The van der Waals surface area contributed by atoms with Gasteiger partial charge in [0.05, 0.1) is 16.9 Å². The van der Waals surface area contributed by atoms with Crippen LogP contribution in [-0.2, 0) is 17.9 Å². The van der Waals surface area contributed by atoms with Gasteiger partial charge >= 0.3 is 5.76 Å². The van der Waals surface area contributed by atoms with E-state index in [0.29, 0.717) is 29.4 Å². The summed E-state index contributed by atoms with van der Waals surface area (Å²) >= 11 is 1.50. The minimum Gasteiger partial charge on any atom is -0.418 e. The molecule has 4 aromatic rings. The van der Waals surface area contributed by atoms with E-state index in [1.807, 2.05) is 24.4 Å². The van der Waals surface area contributed by atoms with Crippen molar-refractivity contribution < 1.29 is 13.6 Å². The molecule has 0 aliphatic heterocycles. The monoisotopic (exact) mass is 398 g/mol. The van der Waals surface area contributed by atoms with Crippen molar-refractivity contribution in [1.82, 2.24) is 19.7 Å². The molecule has 144 valence electrons. The van der Waals surface area contributed by atoms with Crippen molar-refractivity contribution in [2.75, 3.05) is 6.54 Å². The van der Waals surface area contributed by atoms with Gasteiger partial charge in [-0.2, -0.15) is 0 Å². The first-order chi connectivity index (χ1) is 13.7. The molecule has 0 atom stereocenters. The predicted octanol–water partition coefficient (Wildman–Crippen LogP) is 3.14. The lowest BCUT2D eigenvalue weighted by Gasteiger charge is -2.20. The molecule has 1 amide bonds. The van der Waals surface area contributed by atoms with E-state index in [9.17, 15) is 9.59 Å². The van der Waals surface area contributed by atoms with Crippen LogP contribution >= 0.6 is 11.3 Å². The molecule has 0 bridgehead atoms. The van der Waals surface area contributed by atoms with E-state index in [2.05, 4.69) is 10.2 Å². The summed E-state index contributed by atoms with van der Waals surface area (Å²) in [6.07, 6.45) is 0.763. The maximum atomic E-state index is 12.9. The number of carbonyl (C=O) groups excluding carboxylic acids is 1. The highest BCUT2D eigenvalue weighted by molar-refractivity contribution is 7.13. The quantitative estimate of drug-likeness (QED) is 0.475. The summed E-state index contributed by atoms with van der Waals surface area (Å²) in [5, 5.41) is 10.0. The Morgan fingerprint density at radius 2 is 2.04 bits per heavy atom. The minimum atomic E-state index is -0.552. The average Bonchev–Trinajstić information content (AvgIpc) is 3.42. The third-order valence-corrected chi connectivity index (χ3v) is 5.10. The predicted molar refractivity (Wildman–Crippen MR) is 104 cm³/mol. The molecule has 0 saturated heterocycles. The first-order valence-corrected chi connectivity index (χ1v) is 9.76. The Morgan fingerprint density at radius 3 is 2.82 bits per heavy atom. The van der Waals surface area contributed by atoms with Crippen molar-refractivity contribution in [3.05, 3.63) is 58.2 Å². The molecule has 0 aliphatic rings. The number of thiophene rings is 1. The van der Waals surface area contributed by atoms with Gasteiger partial charge in [0.15, 0.2) is 5.58 Å². The second kappa shape index (κ2) is 7.81. The van der Waals surface area contributed by atoms with Gasteiger partial charge in [-0.15, -0.1) is 21.5 Å². The summed E-state index contributed by atoms with van der Waals surface area (Å²) in [4.78, 5) is 27.5. The smallest absolute Gasteiger partial charge is 0.418 e. The third-order valence-electron chi connectivity index (χ3n) is 4.24. The molecule has 3 aromatic heterocycles. The topological polar surface area (TPSA) is 94.4 Å². The molecule has 28 heavy (non-hydrogen) atoms. The minimum absolute atomic E-state index is 0.109. The lowest BCUT2D eigenvalue weighted by molar-refractivity contribution is -0.132. The summed E-state index contributed by atoms with van der Waals surface area (Å²) < 4.78 is 12.2. The van der Waals surface area contributed by atoms with Crippen LogP contribution in [0.5, 0.6) is 0 Å². The molecule has 0 radical (unpaired) electrons. The number of rotatable bonds is 7. The zero-order valence-corrected chi connectivity index (χ0v) is 16.0. The van der Waals surface area contributed by atoms with Crippen molar-refractivity contribution in [3.63, 3.8) is 0 Å². The zero-order valence-electron chi connectivity index (χ0n) is 15.2. The number of aromatic nitrogens is 3. The Bertz CT molecular complexity index is 1140. The molecular weight excluding hydrogens is 380 g/mol. The second-order valence-electron chi connectivity index (χ2n) is 6.22. The lowest BCUT2D eigenvalue weighted by atomic mass is 10.3. The van der Waals surface area contributed by atoms with E-state index in [1.54, 1.807) is 29.2 Å². The largest absolute Gasteiger partial charge is 0.420 e. The highest BCUT2D eigenvalue weighted by atomic mass is 32.1. The lowest BCUT2D eigenvalue weighted by Crippen LogP contribution is -2.36. The van der Waals surface area contributed by atoms with Gasteiger partial charge in [0.25, 0.3) is 5.89 Å². The fraction of sp³-hybridized carbons (Fsp3) is 0.263. The maximum Gasteiger partial charge on any atom is 0.420 e. The van der Waals surface area contributed by atoms with Gasteiger partial charge in [-0.1, -0.05) is 25.1 Å². The molecule has 8 nitrogen and oxygen atoms in total. The summed E-state index contributed by atoms with van der Waals surface area (Å²) in [5.41, 5.74) is 1.05. The number of hydrogen-bond donors (Lipinski definition) is 0. The van der Waals surface area contributed by atoms with Gasteiger partial charge in [0.2, 0.25) is 11.8 Å². The van der Waals surface area contributed by atoms with Crippen LogP contribution in [0.3, 0.4) is 0 Å². The summed E-state index contributed by atoms with van der Waals surface area (Å²) in [6.45, 7) is 2.57. The number of benzene rings is 1. The standard InChI is InChI=1S/C19H18N4O4S/c1-2-9-22(11-16-20-21-18(27-16)15-8-5-10-28-15)17(24)12-23-13-6-3-4-7-14(13)26-19(23)25/h3-8,10H,2,9,11-12H2,1H3. The third kappa shape index (κ3) is 3.61. The normalized spacial score (nSPS) is 11.2. The van der Waals surface area contributed by atoms with Crippen LogP contribution in [-0.4, -0.2) is 32.1 Å². The van der Waals surface area contributed by atoms with Gasteiger partial charge in [-0.25, -0.2) is 4.79 Å². The van der Waals surface area contributed by atoms with Crippen LogP contribution in [0.15, 0.2) is 55.4 Å². The van der Waals surface area contributed by atoms with Crippen LogP contribution in [0.2, 0.25) is 0 Å². The van der Waals surface area contributed by atoms with E-state index in [1.165, 1.54) is 15.9 Å². The number of carbonyl (C=O) groups is 1. The number of nitrogens with zero attached hydrogens (tertiary/aromatic N) is 4. The van der Waals surface area contributed by atoms with Crippen LogP contribution in [0.25, 0.3) is 21.9 Å². The van der Waals surface area contributed by atoms with Crippen LogP contribution in [0.1, 0.15) is 19.2 Å². The summed E-state index contributed by atoms with van der Waals surface area (Å²) in [7, 11) is 0. The van der Waals surface area contributed by atoms with Gasteiger partial charge in [0.1, 0.15) is 6.54 Å². The SMILES string of the molecule is CCCN(Cc1nnc(-c2cccs2)o1)C(=O)Cn1c(=O)oc2ccccc21. The van der Waals surface area contributed by atoms with Crippen molar-refractivity contribution in [1.29, 1.82) is 0 Å². The molecule has 0 saturated carbocycles. The van der Waals surface area contributed by atoms with Gasteiger partial charge in [-0.3, -0.25) is 9.36 Å². The molecule has 9 heteroatoms. The number of fused-ring (bicyclic) bond motifs is 1. The fourth-order valence-corrected chi connectivity index (χ4v) is 3.59. The zero-order chi connectivity index (χ0) is 19.5. The first-order valence-electron chi connectivity index (χ1n) is 8.88.